The van der Waals surface area contributed by atoms with E-state index in [2.05, 4.69) is 20.8 Å². The monoisotopic (exact) mass is 260 g/mol. The topological polar surface area (TPSA) is 26.3 Å². The Bertz CT molecular complexity index is 411. The van der Waals surface area contributed by atoms with Crippen LogP contribution in [0.4, 0.5) is 0 Å². The SMILES string of the molecule is CC1CCC(C(C)C)C(OC(=O)c2ccccc2)C1. The summed E-state index contributed by atoms with van der Waals surface area (Å²) in [6.45, 7) is 6.70. The Labute approximate surface area is 116 Å². The maximum Gasteiger partial charge on any atom is 0.338 e. The molecule has 19 heavy (non-hydrogen) atoms. The summed E-state index contributed by atoms with van der Waals surface area (Å²) in [6, 6.07) is 9.30. The summed E-state index contributed by atoms with van der Waals surface area (Å²) in [5.41, 5.74) is 0.656. The van der Waals surface area contributed by atoms with Crippen LogP contribution in [0.2, 0.25) is 0 Å². The fraction of sp³-hybridized carbons (Fsp3) is 0.588. The van der Waals surface area contributed by atoms with E-state index in [9.17, 15) is 4.79 Å². The van der Waals surface area contributed by atoms with Crippen LogP contribution in [0.25, 0.3) is 0 Å². The maximum absolute atomic E-state index is 12.2. The molecule has 0 N–H and O–H groups in total. The molecule has 1 fully saturated rings. The third-order valence-electron chi connectivity index (χ3n) is 4.23. The molecule has 0 aromatic heterocycles. The molecule has 1 aliphatic carbocycles. The van der Waals surface area contributed by atoms with E-state index in [0.717, 1.165) is 6.42 Å². The number of carbonyl (C=O) groups is 1. The molecule has 2 nitrogen and oxygen atoms in total. The van der Waals surface area contributed by atoms with Crippen molar-refractivity contribution in [2.45, 2.75) is 46.1 Å². The van der Waals surface area contributed by atoms with Gasteiger partial charge in [0.1, 0.15) is 6.10 Å². The Morgan fingerprint density at radius 3 is 2.53 bits per heavy atom. The largest absolute Gasteiger partial charge is 0.458 e. The first kappa shape index (κ1) is 14.1. The van der Waals surface area contributed by atoms with E-state index in [1.54, 1.807) is 0 Å². The summed E-state index contributed by atoms with van der Waals surface area (Å²) < 4.78 is 5.78. The molecule has 1 aromatic rings. The lowest BCUT2D eigenvalue weighted by Crippen LogP contribution is -2.35. The molecule has 3 unspecified atom stereocenters. The van der Waals surface area contributed by atoms with Crippen LogP contribution in [-0.2, 0) is 4.74 Å². The Morgan fingerprint density at radius 1 is 1.21 bits per heavy atom. The molecule has 2 heteroatoms. The van der Waals surface area contributed by atoms with Gasteiger partial charge in [0, 0.05) is 0 Å². The minimum atomic E-state index is -0.176. The lowest BCUT2D eigenvalue weighted by Gasteiger charge is -2.36. The van der Waals surface area contributed by atoms with Crippen molar-refractivity contribution < 1.29 is 9.53 Å². The second kappa shape index (κ2) is 6.23. The first-order valence-electron chi connectivity index (χ1n) is 7.34. The zero-order valence-electron chi connectivity index (χ0n) is 12.1. The standard InChI is InChI=1S/C17H24O2/c1-12(2)15-10-9-13(3)11-16(15)19-17(18)14-7-5-4-6-8-14/h4-8,12-13,15-16H,9-11H2,1-3H3. The van der Waals surface area contributed by atoms with Crippen LogP contribution in [0.5, 0.6) is 0 Å². The highest BCUT2D eigenvalue weighted by Crippen LogP contribution is 2.35. The normalized spacial score (nSPS) is 27.3. The molecule has 0 radical (unpaired) electrons. The minimum absolute atomic E-state index is 0.0801. The number of rotatable bonds is 3. The molecule has 0 saturated heterocycles. The van der Waals surface area contributed by atoms with E-state index in [0.29, 0.717) is 23.3 Å². The number of carbonyl (C=O) groups excluding carboxylic acids is 1. The number of hydrogen-bond acceptors (Lipinski definition) is 2. The van der Waals surface area contributed by atoms with Gasteiger partial charge in [0.2, 0.25) is 0 Å². The molecule has 3 atom stereocenters. The van der Waals surface area contributed by atoms with Crippen molar-refractivity contribution in [3.63, 3.8) is 0 Å². The molecule has 0 aliphatic heterocycles. The molecule has 1 aliphatic rings. The molecule has 1 saturated carbocycles. The molecular weight excluding hydrogens is 236 g/mol. The van der Waals surface area contributed by atoms with Gasteiger partial charge in [-0.1, -0.05) is 45.4 Å². The van der Waals surface area contributed by atoms with Crippen molar-refractivity contribution >= 4 is 5.97 Å². The summed E-state index contributed by atoms with van der Waals surface area (Å²) in [7, 11) is 0. The highest BCUT2D eigenvalue weighted by molar-refractivity contribution is 5.89. The maximum atomic E-state index is 12.2. The number of esters is 1. The van der Waals surface area contributed by atoms with Crippen molar-refractivity contribution in [3.05, 3.63) is 35.9 Å². The smallest absolute Gasteiger partial charge is 0.338 e. The van der Waals surface area contributed by atoms with Gasteiger partial charge in [0.05, 0.1) is 5.56 Å². The van der Waals surface area contributed by atoms with Gasteiger partial charge in [-0.05, 0) is 42.7 Å². The third-order valence-corrected chi connectivity index (χ3v) is 4.23. The second-order valence-electron chi connectivity index (χ2n) is 6.14. The van der Waals surface area contributed by atoms with Gasteiger partial charge in [-0.25, -0.2) is 4.79 Å². The number of ether oxygens (including phenoxy) is 1. The number of hydrogen-bond donors (Lipinski definition) is 0. The van der Waals surface area contributed by atoms with Crippen molar-refractivity contribution in [2.24, 2.45) is 17.8 Å². The van der Waals surface area contributed by atoms with E-state index < -0.39 is 0 Å². The molecule has 0 spiro atoms. The number of benzene rings is 1. The van der Waals surface area contributed by atoms with Crippen molar-refractivity contribution in [1.29, 1.82) is 0 Å². The van der Waals surface area contributed by atoms with Crippen LogP contribution in [-0.4, -0.2) is 12.1 Å². The van der Waals surface area contributed by atoms with Gasteiger partial charge in [0.15, 0.2) is 0 Å². The predicted molar refractivity (Wildman–Crippen MR) is 77.0 cm³/mol. The van der Waals surface area contributed by atoms with E-state index in [1.807, 2.05) is 30.3 Å². The molecule has 0 bridgehead atoms. The van der Waals surface area contributed by atoms with Crippen LogP contribution in [0.3, 0.4) is 0 Å². The molecule has 0 heterocycles. The zero-order chi connectivity index (χ0) is 13.8. The third kappa shape index (κ3) is 3.59. The fourth-order valence-electron chi connectivity index (χ4n) is 3.03. The lowest BCUT2D eigenvalue weighted by molar-refractivity contribution is -0.0174. The lowest BCUT2D eigenvalue weighted by atomic mass is 9.75. The van der Waals surface area contributed by atoms with Crippen LogP contribution in [0, 0.1) is 17.8 Å². The molecule has 1 aromatic carbocycles. The molecule has 0 amide bonds. The average Bonchev–Trinajstić information content (AvgIpc) is 2.39. The first-order chi connectivity index (χ1) is 9.08. The Kier molecular flexibility index (Phi) is 4.62. The van der Waals surface area contributed by atoms with Crippen molar-refractivity contribution in [1.82, 2.24) is 0 Å². The van der Waals surface area contributed by atoms with Gasteiger partial charge in [0.25, 0.3) is 0 Å². The predicted octanol–water partition coefficient (Wildman–Crippen LogP) is 4.30. The van der Waals surface area contributed by atoms with Crippen LogP contribution in [0.15, 0.2) is 30.3 Å². The van der Waals surface area contributed by atoms with Crippen molar-refractivity contribution in [2.75, 3.05) is 0 Å². The molecule has 104 valence electrons. The summed E-state index contributed by atoms with van der Waals surface area (Å²) >= 11 is 0. The Hall–Kier alpha value is -1.31. The van der Waals surface area contributed by atoms with E-state index in [1.165, 1.54) is 12.8 Å². The second-order valence-corrected chi connectivity index (χ2v) is 6.14. The highest BCUT2D eigenvalue weighted by Gasteiger charge is 2.33. The average molecular weight is 260 g/mol. The summed E-state index contributed by atoms with van der Waals surface area (Å²) in [4.78, 5) is 12.2. The van der Waals surface area contributed by atoms with Crippen LogP contribution >= 0.6 is 0 Å². The minimum Gasteiger partial charge on any atom is -0.458 e. The van der Waals surface area contributed by atoms with Crippen LogP contribution < -0.4 is 0 Å². The summed E-state index contributed by atoms with van der Waals surface area (Å²) in [5.74, 6) is 1.55. The first-order valence-corrected chi connectivity index (χ1v) is 7.34. The van der Waals surface area contributed by atoms with Gasteiger partial charge in [-0.2, -0.15) is 0 Å². The van der Waals surface area contributed by atoms with Crippen molar-refractivity contribution in [3.8, 4) is 0 Å². The summed E-state index contributed by atoms with van der Waals surface area (Å²) in [6.07, 6.45) is 3.51. The quantitative estimate of drug-likeness (QED) is 0.757. The summed E-state index contributed by atoms with van der Waals surface area (Å²) in [5, 5.41) is 0. The van der Waals surface area contributed by atoms with E-state index in [4.69, 9.17) is 4.74 Å². The highest BCUT2D eigenvalue weighted by atomic mass is 16.5. The van der Waals surface area contributed by atoms with Gasteiger partial charge < -0.3 is 4.74 Å². The molecular formula is C17H24O2. The van der Waals surface area contributed by atoms with Gasteiger partial charge in [-0.15, -0.1) is 0 Å². The van der Waals surface area contributed by atoms with E-state index in [-0.39, 0.29) is 12.1 Å². The Balaban J connectivity index is 2.04. The van der Waals surface area contributed by atoms with Crippen LogP contribution in [0.1, 0.15) is 50.4 Å². The van der Waals surface area contributed by atoms with Gasteiger partial charge >= 0.3 is 5.97 Å². The fourth-order valence-corrected chi connectivity index (χ4v) is 3.03. The van der Waals surface area contributed by atoms with Gasteiger partial charge in [-0.3, -0.25) is 0 Å². The van der Waals surface area contributed by atoms with E-state index >= 15 is 0 Å². The Morgan fingerprint density at radius 2 is 1.89 bits per heavy atom. The zero-order valence-corrected chi connectivity index (χ0v) is 12.1. The molecule has 2 rings (SSSR count).